The number of aromatic nitrogens is 2. The molecule has 0 atom stereocenters. The summed E-state index contributed by atoms with van der Waals surface area (Å²) in [5.74, 6) is 1.31. The van der Waals surface area contributed by atoms with Gasteiger partial charge in [0.2, 0.25) is 5.13 Å². The standard InChI is InChI=1S/C12H12FN3S/c13-10-4-2-1-3-9(10)7-14-12-15-11(16-17-12)8-5-6-8/h1-4,8H,5-7H2,(H,14,15,16). The first-order valence-electron chi connectivity index (χ1n) is 5.64. The molecule has 0 unspecified atom stereocenters. The van der Waals surface area contributed by atoms with Crippen LogP contribution in [0.2, 0.25) is 0 Å². The minimum Gasteiger partial charge on any atom is -0.356 e. The monoisotopic (exact) mass is 249 g/mol. The Bertz CT molecular complexity index is 522. The topological polar surface area (TPSA) is 37.8 Å². The van der Waals surface area contributed by atoms with Gasteiger partial charge in [-0.05, 0) is 18.9 Å². The molecule has 0 aliphatic heterocycles. The predicted molar refractivity (Wildman–Crippen MR) is 65.6 cm³/mol. The van der Waals surface area contributed by atoms with Crippen LogP contribution >= 0.6 is 11.5 Å². The summed E-state index contributed by atoms with van der Waals surface area (Å²) < 4.78 is 17.7. The van der Waals surface area contributed by atoms with Crippen molar-refractivity contribution in [2.24, 2.45) is 0 Å². The maximum Gasteiger partial charge on any atom is 0.202 e. The lowest BCUT2D eigenvalue weighted by Crippen LogP contribution is -2.01. The highest BCUT2D eigenvalue weighted by Crippen LogP contribution is 2.39. The van der Waals surface area contributed by atoms with E-state index in [1.54, 1.807) is 12.1 Å². The van der Waals surface area contributed by atoms with Gasteiger partial charge in [-0.15, -0.1) is 0 Å². The summed E-state index contributed by atoms with van der Waals surface area (Å²) in [5.41, 5.74) is 0.649. The van der Waals surface area contributed by atoms with Gasteiger partial charge in [0.15, 0.2) is 0 Å². The Hall–Kier alpha value is -1.49. The Morgan fingerprint density at radius 3 is 2.94 bits per heavy atom. The van der Waals surface area contributed by atoms with Crippen molar-refractivity contribution in [1.29, 1.82) is 0 Å². The zero-order chi connectivity index (χ0) is 11.7. The van der Waals surface area contributed by atoms with Crippen LogP contribution in [0.15, 0.2) is 24.3 Å². The number of nitrogens with zero attached hydrogens (tertiary/aromatic N) is 2. The fraction of sp³-hybridized carbons (Fsp3) is 0.333. The van der Waals surface area contributed by atoms with E-state index >= 15 is 0 Å². The summed E-state index contributed by atoms with van der Waals surface area (Å²) in [6, 6.07) is 6.75. The third-order valence-corrected chi connectivity index (χ3v) is 3.46. The first kappa shape index (κ1) is 10.7. The van der Waals surface area contributed by atoms with Crippen LogP contribution in [0.5, 0.6) is 0 Å². The molecule has 1 aliphatic carbocycles. The maximum atomic E-state index is 13.4. The van der Waals surface area contributed by atoms with Crippen LogP contribution in [0.4, 0.5) is 9.52 Å². The van der Waals surface area contributed by atoms with Crippen LogP contribution in [0, 0.1) is 5.82 Å². The summed E-state index contributed by atoms with van der Waals surface area (Å²) in [7, 11) is 0. The van der Waals surface area contributed by atoms with E-state index in [0.29, 0.717) is 18.0 Å². The van der Waals surface area contributed by atoms with Crippen molar-refractivity contribution in [1.82, 2.24) is 9.36 Å². The molecular weight excluding hydrogens is 237 g/mol. The molecule has 1 aliphatic rings. The van der Waals surface area contributed by atoms with E-state index in [2.05, 4.69) is 14.7 Å². The molecule has 3 rings (SSSR count). The van der Waals surface area contributed by atoms with Gasteiger partial charge >= 0.3 is 0 Å². The van der Waals surface area contributed by atoms with Gasteiger partial charge in [0.1, 0.15) is 11.6 Å². The number of anilines is 1. The Balaban J connectivity index is 1.65. The van der Waals surface area contributed by atoms with Gasteiger partial charge in [-0.25, -0.2) is 9.37 Å². The predicted octanol–water partition coefficient (Wildman–Crippen LogP) is 3.17. The molecule has 1 heterocycles. The highest BCUT2D eigenvalue weighted by molar-refractivity contribution is 7.09. The van der Waals surface area contributed by atoms with Crippen molar-refractivity contribution in [2.45, 2.75) is 25.3 Å². The second-order valence-corrected chi connectivity index (χ2v) is 4.93. The molecule has 0 radical (unpaired) electrons. The van der Waals surface area contributed by atoms with Gasteiger partial charge in [-0.3, -0.25) is 0 Å². The molecule has 5 heteroatoms. The van der Waals surface area contributed by atoms with E-state index < -0.39 is 0 Å². The maximum absolute atomic E-state index is 13.4. The van der Waals surface area contributed by atoms with Crippen molar-refractivity contribution < 1.29 is 4.39 Å². The third kappa shape index (κ3) is 2.44. The molecule has 0 spiro atoms. The number of benzene rings is 1. The first-order chi connectivity index (χ1) is 8.33. The number of hydrogen-bond donors (Lipinski definition) is 1. The molecule has 2 aromatic rings. The number of nitrogens with one attached hydrogen (secondary N) is 1. The van der Waals surface area contributed by atoms with Gasteiger partial charge in [0.05, 0.1) is 0 Å². The lowest BCUT2D eigenvalue weighted by atomic mass is 10.2. The van der Waals surface area contributed by atoms with Crippen molar-refractivity contribution in [3.63, 3.8) is 0 Å². The SMILES string of the molecule is Fc1ccccc1CNc1nc(C2CC2)ns1. The highest BCUT2D eigenvalue weighted by atomic mass is 32.1. The molecular formula is C12H12FN3S. The van der Waals surface area contributed by atoms with Gasteiger partial charge in [-0.1, -0.05) is 18.2 Å². The average molecular weight is 249 g/mol. The second-order valence-electron chi connectivity index (χ2n) is 4.18. The Kier molecular flexibility index (Phi) is 2.76. The molecule has 0 amide bonds. The van der Waals surface area contributed by atoms with Gasteiger partial charge < -0.3 is 5.32 Å². The van der Waals surface area contributed by atoms with Crippen molar-refractivity contribution in [3.8, 4) is 0 Å². The molecule has 1 fully saturated rings. The van der Waals surface area contributed by atoms with Crippen molar-refractivity contribution in [3.05, 3.63) is 41.5 Å². The van der Waals surface area contributed by atoms with Crippen LogP contribution in [-0.4, -0.2) is 9.36 Å². The van der Waals surface area contributed by atoms with E-state index in [4.69, 9.17) is 0 Å². The van der Waals surface area contributed by atoms with Crippen LogP contribution in [0.25, 0.3) is 0 Å². The molecule has 17 heavy (non-hydrogen) atoms. The number of rotatable bonds is 4. The first-order valence-corrected chi connectivity index (χ1v) is 6.41. The third-order valence-electron chi connectivity index (χ3n) is 2.77. The largest absolute Gasteiger partial charge is 0.356 e. The number of halogens is 1. The van der Waals surface area contributed by atoms with Crippen LogP contribution in [0.3, 0.4) is 0 Å². The Morgan fingerprint density at radius 1 is 1.35 bits per heavy atom. The van der Waals surface area contributed by atoms with Crippen LogP contribution in [-0.2, 0) is 6.54 Å². The van der Waals surface area contributed by atoms with E-state index in [1.165, 1.54) is 30.4 Å². The molecule has 88 valence electrons. The molecule has 0 bridgehead atoms. The van der Waals surface area contributed by atoms with Crippen molar-refractivity contribution in [2.75, 3.05) is 5.32 Å². The summed E-state index contributed by atoms with van der Waals surface area (Å²) in [6.07, 6.45) is 2.40. The summed E-state index contributed by atoms with van der Waals surface area (Å²) >= 11 is 1.35. The van der Waals surface area contributed by atoms with Gasteiger partial charge in [-0.2, -0.15) is 4.37 Å². The van der Waals surface area contributed by atoms with E-state index in [0.717, 1.165) is 11.0 Å². The fourth-order valence-electron chi connectivity index (χ4n) is 1.63. The van der Waals surface area contributed by atoms with E-state index in [1.807, 2.05) is 6.07 Å². The summed E-state index contributed by atoms with van der Waals surface area (Å²) in [4.78, 5) is 4.39. The summed E-state index contributed by atoms with van der Waals surface area (Å²) in [5, 5.41) is 3.88. The van der Waals surface area contributed by atoms with Crippen LogP contribution in [0.1, 0.15) is 30.1 Å². The van der Waals surface area contributed by atoms with Gasteiger partial charge in [0, 0.05) is 29.6 Å². The molecule has 0 saturated heterocycles. The quantitative estimate of drug-likeness (QED) is 0.904. The smallest absolute Gasteiger partial charge is 0.202 e. The minimum atomic E-state index is -0.188. The normalized spacial score (nSPS) is 14.9. The molecule has 1 aromatic carbocycles. The minimum absolute atomic E-state index is 0.188. The molecule has 1 aromatic heterocycles. The molecule has 3 nitrogen and oxygen atoms in total. The Labute approximate surface area is 103 Å². The number of hydrogen-bond acceptors (Lipinski definition) is 4. The van der Waals surface area contributed by atoms with E-state index in [-0.39, 0.29) is 5.82 Å². The highest BCUT2D eigenvalue weighted by Gasteiger charge is 2.27. The average Bonchev–Trinajstić information content (AvgIpc) is 3.08. The lowest BCUT2D eigenvalue weighted by molar-refractivity contribution is 0.613. The van der Waals surface area contributed by atoms with E-state index in [9.17, 15) is 4.39 Å². The van der Waals surface area contributed by atoms with Crippen LogP contribution < -0.4 is 5.32 Å². The summed E-state index contributed by atoms with van der Waals surface area (Å²) in [6.45, 7) is 0.450. The van der Waals surface area contributed by atoms with Crippen molar-refractivity contribution >= 4 is 16.7 Å². The zero-order valence-corrected chi connectivity index (χ0v) is 10.0. The fourth-order valence-corrected chi connectivity index (χ4v) is 2.27. The lowest BCUT2D eigenvalue weighted by Gasteiger charge is -2.03. The molecule has 1 N–H and O–H groups in total. The Morgan fingerprint density at radius 2 is 2.18 bits per heavy atom. The van der Waals surface area contributed by atoms with Gasteiger partial charge in [0.25, 0.3) is 0 Å². The molecule has 1 saturated carbocycles. The second kappa shape index (κ2) is 4.41. The zero-order valence-electron chi connectivity index (χ0n) is 9.19.